The fourth-order valence-electron chi connectivity index (χ4n) is 1.46. The zero-order chi connectivity index (χ0) is 12.8. The maximum absolute atomic E-state index is 11.5. The molecule has 5 heteroatoms. The van der Waals surface area contributed by atoms with Crippen molar-refractivity contribution in [3.8, 4) is 0 Å². The van der Waals surface area contributed by atoms with Gasteiger partial charge in [0.1, 0.15) is 4.88 Å². The second-order valence-corrected chi connectivity index (χ2v) is 4.95. The molecule has 0 fully saturated rings. The molecule has 0 saturated carbocycles. The molecule has 0 saturated heterocycles. The predicted octanol–water partition coefficient (Wildman–Crippen LogP) is 1.52. The van der Waals surface area contributed by atoms with Crippen LogP contribution in [-0.2, 0) is 11.2 Å². The molecule has 4 nitrogen and oxygen atoms in total. The minimum atomic E-state index is -0.692. The SMILES string of the molecule is CCOC(=O)c1cc(C)c(CCC(O)CO)s1. The van der Waals surface area contributed by atoms with Crippen LogP contribution in [0.5, 0.6) is 0 Å². The van der Waals surface area contributed by atoms with E-state index in [1.807, 2.05) is 13.0 Å². The second kappa shape index (κ2) is 6.74. The van der Waals surface area contributed by atoms with Gasteiger partial charge in [-0.3, -0.25) is 0 Å². The molecule has 1 atom stereocenters. The van der Waals surface area contributed by atoms with E-state index >= 15 is 0 Å². The van der Waals surface area contributed by atoms with Gasteiger partial charge in [-0.05, 0) is 38.3 Å². The van der Waals surface area contributed by atoms with Crippen molar-refractivity contribution in [2.24, 2.45) is 0 Å². The summed E-state index contributed by atoms with van der Waals surface area (Å²) in [4.78, 5) is 13.2. The van der Waals surface area contributed by atoms with E-state index in [1.165, 1.54) is 11.3 Å². The maximum Gasteiger partial charge on any atom is 0.348 e. The van der Waals surface area contributed by atoms with Crippen LogP contribution in [0.25, 0.3) is 0 Å². The number of aliphatic hydroxyl groups excluding tert-OH is 2. The molecule has 17 heavy (non-hydrogen) atoms. The lowest BCUT2D eigenvalue weighted by Crippen LogP contribution is -2.12. The van der Waals surface area contributed by atoms with Gasteiger partial charge in [0.25, 0.3) is 0 Å². The molecule has 0 aliphatic carbocycles. The van der Waals surface area contributed by atoms with Crippen molar-refractivity contribution in [2.75, 3.05) is 13.2 Å². The van der Waals surface area contributed by atoms with E-state index in [9.17, 15) is 9.90 Å². The average molecular weight is 258 g/mol. The van der Waals surface area contributed by atoms with Crippen LogP contribution >= 0.6 is 11.3 Å². The first-order chi connectivity index (χ1) is 8.08. The Kier molecular flexibility index (Phi) is 5.61. The van der Waals surface area contributed by atoms with E-state index in [0.29, 0.717) is 24.3 Å². The van der Waals surface area contributed by atoms with Gasteiger partial charge >= 0.3 is 5.97 Å². The molecule has 1 heterocycles. The van der Waals surface area contributed by atoms with Gasteiger partial charge in [0.2, 0.25) is 0 Å². The van der Waals surface area contributed by atoms with E-state index in [-0.39, 0.29) is 12.6 Å². The van der Waals surface area contributed by atoms with Crippen molar-refractivity contribution in [3.05, 3.63) is 21.4 Å². The fraction of sp³-hybridized carbons (Fsp3) is 0.583. The van der Waals surface area contributed by atoms with Gasteiger partial charge in [0.05, 0.1) is 19.3 Å². The summed E-state index contributed by atoms with van der Waals surface area (Å²) in [5, 5.41) is 18.0. The molecule has 96 valence electrons. The highest BCUT2D eigenvalue weighted by Crippen LogP contribution is 2.24. The Morgan fingerprint density at radius 2 is 2.29 bits per heavy atom. The monoisotopic (exact) mass is 258 g/mol. The normalized spacial score (nSPS) is 12.5. The minimum absolute atomic E-state index is 0.227. The molecule has 1 aromatic heterocycles. The Morgan fingerprint density at radius 3 is 2.88 bits per heavy atom. The van der Waals surface area contributed by atoms with Gasteiger partial charge in [-0.25, -0.2) is 4.79 Å². The van der Waals surface area contributed by atoms with Crippen LogP contribution in [-0.4, -0.2) is 35.5 Å². The molecule has 2 N–H and O–H groups in total. The summed E-state index contributed by atoms with van der Waals surface area (Å²) in [6.07, 6.45) is 0.472. The van der Waals surface area contributed by atoms with Crippen LogP contribution in [0.15, 0.2) is 6.07 Å². The summed E-state index contributed by atoms with van der Waals surface area (Å²) in [6, 6.07) is 1.81. The van der Waals surface area contributed by atoms with E-state index in [2.05, 4.69) is 0 Å². The number of thiophene rings is 1. The van der Waals surface area contributed by atoms with Gasteiger partial charge in [0, 0.05) is 4.88 Å². The topological polar surface area (TPSA) is 66.8 Å². The van der Waals surface area contributed by atoms with Gasteiger partial charge in [0.15, 0.2) is 0 Å². The Bertz CT molecular complexity index is 373. The third-order valence-corrected chi connectivity index (χ3v) is 3.69. The molecule has 0 radical (unpaired) electrons. The van der Waals surface area contributed by atoms with Crippen LogP contribution in [0.4, 0.5) is 0 Å². The van der Waals surface area contributed by atoms with Crippen LogP contribution < -0.4 is 0 Å². The van der Waals surface area contributed by atoms with Crippen molar-refractivity contribution in [2.45, 2.75) is 32.8 Å². The number of hydrogen-bond donors (Lipinski definition) is 2. The Balaban J connectivity index is 2.65. The molecule has 1 aromatic rings. The maximum atomic E-state index is 11.5. The van der Waals surface area contributed by atoms with Gasteiger partial charge in [-0.1, -0.05) is 0 Å². The molecule has 0 amide bonds. The zero-order valence-electron chi connectivity index (χ0n) is 10.1. The largest absolute Gasteiger partial charge is 0.462 e. The fourth-order valence-corrected chi connectivity index (χ4v) is 2.54. The molecular formula is C12H18O4S. The molecular weight excluding hydrogens is 240 g/mol. The lowest BCUT2D eigenvalue weighted by atomic mass is 10.1. The van der Waals surface area contributed by atoms with E-state index < -0.39 is 6.10 Å². The summed E-state index contributed by atoms with van der Waals surface area (Å²) in [6.45, 7) is 3.85. The van der Waals surface area contributed by atoms with Gasteiger partial charge in [-0.2, -0.15) is 0 Å². The van der Waals surface area contributed by atoms with E-state index in [1.54, 1.807) is 6.92 Å². The van der Waals surface area contributed by atoms with Crippen LogP contribution in [0, 0.1) is 6.92 Å². The van der Waals surface area contributed by atoms with Crippen molar-refractivity contribution in [3.63, 3.8) is 0 Å². The number of hydrogen-bond acceptors (Lipinski definition) is 5. The molecule has 0 aliphatic rings. The highest BCUT2D eigenvalue weighted by atomic mass is 32.1. The minimum Gasteiger partial charge on any atom is -0.462 e. The van der Waals surface area contributed by atoms with Crippen LogP contribution in [0.3, 0.4) is 0 Å². The summed E-state index contributed by atoms with van der Waals surface area (Å²) in [5.74, 6) is -0.297. The lowest BCUT2D eigenvalue weighted by Gasteiger charge is -2.05. The van der Waals surface area contributed by atoms with E-state index in [4.69, 9.17) is 9.84 Å². The molecule has 0 aromatic carbocycles. The molecule has 1 rings (SSSR count). The van der Waals surface area contributed by atoms with Gasteiger partial charge in [-0.15, -0.1) is 11.3 Å². The molecule has 0 aliphatic heterocycles. The number of esters is 1. The van der Waals surface area contributed by atoms with Crippen molar-refractivity contribution < 1.29 is 19.7 Å². The first kappa shape index (κ1) is 14.2. The summed E-state index contributed by atoms with van der Waals surface area (Å²) >= 11 is 1.39. The van der Waals surface area contributed by atoms with Crippen LogP contribution in [0.2, 0.25) is 0 Å². The molecule has 0 spiro atoms. The summed E-state index contributed by atoms with van der Waals surface area (Å²) < 4.78 is 4.93. The lowest BCUT2D eigenvalue weighted by molar-refractivity contribution is 0.0532. The van der Waals surface area contributed by atoms with E-state index in [0.717, 1.165) is 10.4 Å². The quantitative estimate of drug-likeness (QED) is 0.759. The summed E-state index contributed by atoms with van der Waals surface area (Å²) in [7, 11) is 0. The number of aryl methyl sites for hydroxylation is 2. The predicted molar refractivity (Wildman–Crippen MR) is 66.4 cm³/mol. The van der Waals surface area contributed by atoms with Crippen LogP contribution in [0.1, 0.15) is 33.5 Å². The smallest absolute Gasteiger partial charge is 0.348 e. The van der Waals surface area contributed by atoms with Crippen molar-refractivity contribution in [1.29, 1.82) is 0 Å². The summed E-state index contributed by atoms with van der Waals surface area (Å²) in [5.41, 5.74) is 1.03. The highest BCUT2D eigenvalue weighted by molar-refractivity contribution is 7.14. The average Bonchev–Trinajstić information content (AvgIpc) is 2.68. The molecule has 1 unspecified atom stereocenters. The number of aliphatic hydroxyl groups is 2. The van der Waals surface area contributed by atoms with Crippen molar-refractivity contribution >= 4 is 17.3 Å². The second-order valence-electron chi connectivity index (χ2n) is 3.81. The number of rotatable bonds is 6. The Morgan fingerprint density at radius 1 is 1.59 bits per heavy atom. The number of carbonyl (C=O) groups is 1. The molecule has 0 bridgehead atoms. The first-order valence-electron chi connectivity index (χ1n) is 5.63. The third kappa shape index (κ3) is 4.11. The Hall–Kier alpha value is -0.910. The number of carbonyl (C=O) groups excluding carboxylic acids is 1. The zero-order valence-corrected chi connectivity index (χ0v) is 10.9. The standard InChI is InChI=1S/C12H18O4S/c1-3-16-12(15)11-6-8(2)10(17-11)5-4-9(14)7-13/h6,9,13-14H,3-5,7H2,1-2H3. The van der Waals surface area contributed by atoms with Gasteiger partial charge < -0.3 is 14.9 Å². The first-order valence-corrected chi connectivity index (χ1v) is 6.45. The van der Waals surface area contributed by atoms with Crippen molar-refractivity contribution in [1.82, 2.24) is 0 Å². The highest BCUT2D eigenvalue weighted by Gasteiger charge is 2.14. The third-order valence-electron chi connectivity index (χ3n) is 2.41. The Labute approximate surface area is 105 Å². The number of ether oxygens (including phenoxy) is 1.